The number of benzene rings is 2. The molecule has 0 radical (unpaired) electrons. The molecule has 0 fully saturated rings. The number of aryl methyl sites for hydroxylation is 1. The first kappa shape index (κ1) is 25.9. The summed E-state index contributed by atoms with van der Waals surface area (Å²) in [5.74, 6) is -0.487. The van der Waals surface area contributed by atoms with Gasteiger partial charge in [-0.3, -0.25) is 4.79 Å². The van der Waals surface area contributed by atoms with Gasteiger partial charge in [0.1, 0.15) is 11.5 Å². The normalized spacial score (nSPS) is 12.1. The first-order valence-corrected chi connectivity index (χ1v) is 10.9. The van der Waals surface area contributed by atoms with Crippen molar-refractivity contribution < 1.29 is 24.5 Å². The van der Waals surface area contributed by atoms with E-state index < -0.39 is 12.6 Å². The molecular formula is C26H34N2O5. The van der Waals surface area contributed by atoms with Crippen LogP contribution in [-0.4, -0.2) is 34.9 Å². The van der Waals surface area contributed by atoms with Crippen LogP contribution in [0.5, 0.6) is 11.5 Å². The van der Waals surface area contributed by atoms with E-state index in [-0.39, 0.29) is 23.2 Å². The van der Waals surface area contributed by atoms with E-state index in [0.29, 0.717) is 17.9 Å². The summed E-state index contributed by atoms with van der Waals surface area (Å²) in [6.45, 7) is 12.0. The van der Waals surface area contributed by atoms with Crippen molar-refractivity contribution in [3.8, 4) is 11.5 Å². The summed E-state index contributed by atoms with van der Waals surface area (Å²) in [4.78, 5) is 22.8. The standard InChI is InChI=1S/C26H34N2O5/c1-25(2,3)20-13-18(14-21(24(20)32)26(4,5)6)9-12-22(29)28-27-15-17-7-10-19(11-8-17)33-16-23(30)31/h7-8,10-11,13-15,32H,9,12,16H2,1-6H3,(H,28,29)(H,30,31)/b27-15-. The number of nitrogens with one attached hydrogen (secondary N) is 1. The first-order valence-electron chi connectivity index (χ1n) is 10.9. The molecule has 0 aromatic heterocycles. The lowest BCUT2D eigenvalue weighted by atomic mass is 9.78. The maximum atomic E-state index is 12.3. The van der Waals surface area contributed by atoms with Crippen molar-refractivity contribution in [3.05, 3.63) is 58.7 Å². The molecule has 0 spiro atoms. The highest BCUT2D eigenvalue weighted by atomic mass is 16.5. The molecule has 1 amide bonds. The Hall–Kier alpha value is -3.35. The van der Waals surface area contributed by atoms with Crippen LogP contribution < -0.4 is 10.2 Å². The van der Waals surface area contributed by atoms with Gasteiger partial charge in [-0.05, 0) is 63.8 Å². The molecule has 2 aromatic rings. The Balaban J connectivity index is 1.99. The fraction of sp³-hybridized carbons (Fsp3) is 0.423. The number of ether oxygens (including phenoxy) is 1. The second-order valence-electron chi connectivity index (χ2n) is 10.1. The smallest absolute Gasteiger partial charge is 0.341 e. The Morgan fingerprint density at radius 1 is 1.00 bits per heavy atom. The fourth-order valence-electron chi connectivity index (χ4n) is 3.27. The second-order valence-corrected chi connectivity index (χ2v) is 10.1. The molecule has 0 bridgehead atoms. The molecule has 33 heavy (non-hydrogen) atoms. The lowest BCUT2D eigenvalue weighted by Crippen LogP contribution is -2.20. The molecule has 0 aliphatic carbocycles. The van der Waals surface area contributed by atoms with Gasteiger partial charge in [0.25, 0.3) is 0 Å². The minimum absolute atomic E-state index is 0.213. The van der Waals surface area contributed by atoms with Crippen LogP contribution in [0, 0.1) is 0 Å². The molecule has 3 N–H and O–H groups in total. The van der Waals surface area contributed by atoms with E-state index in [0.717, 1.165) is 22.3 Å². The van der Waals surface area contributed by atoms with Crippen LogP contribution in [0.1, 0.15) is 70.2 Å². The molecule has 7 heteroatoms. The van der Waals surface area contributed by atoms with Crippen molar-refractivity contribution in [1.29, 1.82) is 0 Å². The van der Waals surface area contributed by atoms with E-state index in [1.54, 1.807) is 24.3 Å². The number of nitrogens with zero attached hydrogens (tertiary/aromatic N) is 1. The largest absolute Gasteiger partial charge is 0.507 e. The third-order valence-electron chi connectivity index (χ3n) is 5.07. The Bertz CT molecular complexity index is 977. The number of rotatable bonds is 8. The molecule has 2 aromatic carbocycles. The molecule has 178 valence electrons. The van der Waals surface area contributed by atoms with Crippen LogP contribution in [0.4, 0.5) is 0 Å². The van der Waals surface area contributed by atoms with Gasteiger partial charge >= 0.3 is 5.97 Å². The summed E-state index contributed by atoms with van der Waals surface area (Å²) in [6, 6.07) is 10.7. The van der Waals surface area contributed by atoms with Crippen molar-refractivity contribution >= 4 is 18.1 Å². The predicted molar refractivity (Wildman–Crippen MR) is 129 cm³/mol. The van der Waals surface area contributed by atoms with Crippen molar-refractivity contribution in [2.24, 2.45) is 5.10 Å². The number of hydrazone groups is 1. The molecule has 0 unspecified atom stereocenters. The quantitative estimate of drug-likeness (QED) is 0.401. The van der Waals surface area contributed by atoms with Crippen molar-refractivity contribution in [2.75, 3.05) is 6.61 Å². The van der Waals surface area contributed by atoms with Gasteiger partial charge in [-0.1, -0.05) is 53.7 Å². The third-order valence-corrected chi connectivity index (χ3v) is 5.07. The summed E-state index contributed by atoms with van der Waals surface area (Å²) in [7, 11) is 0. The molecule has 0 atom stereocenters. The van der Waals surface area contributed by atoms with Crippen molar-refractivity contribution in [3.63, 3.8) is 0 Å². The Kier molecular flexibility index (Phi) is 8.25. The number of hydrogen-bond donors (Lipinski definition) is 3. The SMILES string of the molecule is CC(C)(C)c1cc(CCC(=O)N/N=C\c2ccc(OCC(=O)O)cc2)cc(C(C)(C)C)c1O. The highest BCUT2D eigenvalue weighted by Crippen LogP contribution is 2.39. The summed E-state index contributed by atoms with van der Waals surface area (Å²) in [5.41, 5.74) is 5.57. The minimum Gasteiger partial charge on any atom is -0.507 e. The van der Waals surface area contributed by atoms with Gasteiger partial charge < -0.3 is 14.9 Å². The number of aromatic hydroxyl groups is 1. The number of amides is 1. The van der Waals surface area contributed by atoms with E-state index in [2.05, 4.69) is 52.1 Å². The van der Waals surface area contributed by atoms with Crippen LogP contribution in [0.25, 0.3) is 0 Å². The molecule has 0 aliphatic rings. The first-order chi connectivity index (χ1) is 15.3. The van der Waals surface area contributed by atoms with E-state index in [9.17, 15) is 14.7 Å². The van der Waals surface area contributed by atoms with Crippen LogP contribution in [-0.2, 0) is 26.8 Å². The molecule has 7 nitrogen and oxygen atoms in total. The van der Waals surface area contributed by atoms with Crippen molar-refractivity contribution in [2.45, 2.75) is 65.2 Å². The fourth-order valence-corrected chi connectivity index (χ4v) is 3.27. The highest BCUT2D eigenvalue weighted by Gasteiger charge is 2.26. The Morgan fingerprint density at radius 3 is 2.03 bits per heavy atom. The average molecular weight is 455 g/mol. The second kappa shape index (κ2) is 10.5. The zero-order valence-corrected chi connectivity index (χ0v) is 20.2. The van der Waals surface area contributed by atoms with Gasteiger partial charge in [0.2, 0.25) is 5.91 Å². The van der Waals surface area contributed by atoms with Gasteiger partial charge in [0.05, 0.1) is 6.21 Å². The number of hydrogen-bond acceptors (Lipinski definition) is 5. The number of carbonyl (C=O) groups is 2. The molecule has 0 saturated carbocycles. The number of carboxylic acid groups (broad SMARTS) is 1. The summed E-state index contributed by atoms with van der Waals surface area (Å²) < 4.78 is 5.08. The topological polar surface area (TPSA) is 108 Å². The molecule has 0 aliphatic heterocycles. The summed E-state index contributed by atoms with van der Waals surface area (Å²) in [6.07, 6.45) is 2.30. The number of phenolic OH excluding ortho intramolecular Hbond substituents is 1. The van der Waals surface area contributed by atoms with Gasteiger partial charge in [0, 0.05) is 6.42 Å². The Morgan fingerprint density at radius 2 is 1.55 bits per heavy atom. The lowest BCUT2D eigenvalue weighted by molar-refractivity contribution is -0.139. The van der Waals surface area contributed by atoms with Gasteiger partial charge in [-0.2, -0.15) is 5.10 Å². The van der Waals surface area contributed by atoms with Crippen LogP contribution in [0.15, 0.2) is 41.5 Å². The van der Waals surface area contributed by atoms with E-state index in [4.69, 9.17) is 9.84 Å². The van der Waals surface area contributed by atoms with Gasteiger partial charge in [0.15, 0.2) is 6.61 Å². The van der Waals surface area contributed by atoms with Crippen molar-refractivity contribution in [1.82, 2.24) is 5.43 Å². The van der Waals surface area contributed by atoms with Crippen LogP contribution in [0.3, 0.4) is 0 Å². The predicted octanol–water partition coefficient (Wildman–Crippen LogP) is 4.53. The van der Waals surface area contributed by atoms with Crippen LogP contribution >= 0.6 is 0 Å². The zero-order chi connectivity index (χ0) is 24.8. The van der Waals surface area contributed by atoms with Crippen LogP contribution in [0.2, 0.25) is 0 Å². The average Bonchev–Trinajstić information content (AvgIpc) is 2.70. The summed E-state index contributed by atoms with van der Waals surface area (Å²) >= 11 is 0. The number of carboxylic acids is 1. The maximum absolute atomic E-state index is 12.3. The van der Waals surface area contributed by atoms with Gasteiger partial charge in [-0.15, -0.1) is 0 Å². The number of phenols is 1. The minimum atomic E-state index is -1.04. The monoisotopic (exact) mass is 454 g/mol. The summed E-state index contributed by atoms with van der Waals surface area (Å²) in [5, 5.41) is 23.4. The molecule has 0 saturated heterocycles. The molecule has 0 heterocycles. The third kappa shape index (κ3) is 7.93. The van der Waals surface area contributed by atoms with E-state index in [1.807, 2.05) is 12.1 Å². The Labute approximate surface area is 195 Å². The maximum Gasteiger partial charge on any atom is 0.341 e. The number of aliphatic carboxylic acids is 1. The number of carbonyl (C=O) groups excluding carboxylic acids is 1. The van der Waals surface area contributed by atoms with E-state index >= 15 is 0 Å². The lowest BCUT2D eigenvalue weighted by Gasteiger charge is -2.28. The highest BCUT2D eigenvalue weighted by molar-refractivity contribution is 5.82. The van der Waals surface area contributed by atoms with Gasteiger partial charge in [-0.25, -0.2) is 10.2 Å². The van der Waals surface area contributed by atoms with E-state index in [1.165, 1.54) is 6.21 Å². The zero-order valence-electron chi connectivity index (χ0n) is 20.2. The molecule has 2 rings (SSSR count). The molecular weight excluding hydrogens is 420 g/mol.